The quantitative estimate of drug-likeness (QED) is 0.765. The predicted molar refractivity (Wildman–Crippen MR) is 49.2 cm³/mol. The summed E-state index contributed by atoms with van der Waals surface area (Å²) in [6, 6.07) is 2.60. The van der Waals surface area contributed by atoms with Crippen LogP contribution in [0.2, 0.25) is 0 Å². The SMILES string of the molecule is CS(=O)(=O)Nc1cc(F)ccc1C(=O)[O-]. The normalized spacial score (nSPS) is 11.1. The lowest BCUT2D eigenvalue weighted by Gasteiger charge is -2.11. The zero-order chi connectivity index (χ0) is 11.6. The maximum atomic E-state index is 12.7. The second kappa shape index (κ2) is 3.85. The first-order valence-corrected chi connectivity index (χ1v) is 5.67. The van der Waals surface area contributed by atoms with Gasteiger partial charge in [0.2, 0.25) is 10.0 Å². The van der Waals surface area contributed by atoms with E-state index >= 15 is 0 Å². The molecule has 82 valence electrons. The molecule has 1 aromatic rings. The minimum atomic E-state index is -3.66. The highest BCUT2D eigenvalue weighted by molar-refractivity contribution is 7.92. The summed E-state index contributed by atoms with van der Waals surface area (Å²) in [5, 5.41) is 10.6. The van der Waals surface area contributed by atoms with Crippen molar-refractivity contribution in [3.05, 3.63) is 29.6 Å². The third kappa shape index (κ3) is 3.21. The van der Waals surface area contributed by atoms with E-state index in [1.807, 2.05) is 4.72 Å². The number of hydrogen-bond acceptors (Lipinski definition) is 4. The Bertz CT molecular complexity index is 497. The first kappa shape index (κ1) is 11.4. The molecule has 0 bridgehead atoms. The summed E-state index contributed by atoms with van der Waals surface area (Å²) in [6.45, 7) is 0. The minimum absolute atomic E-state index is 0.350. The molecule has 0 radical (unpaired) electrons. The molecule has 0 spiro atoms. The van der Waals surface area contributed by atoms with E-state index in [0.717, 1.165) is 24.5 Å². The molecule has 15 heavy (non-hydrogen) atoms. The summed E-state index contributed by atoms with van der Waals surface area (Å²) in [4.78, 5) is 10.6. The average Bonchev–Trinajstić information content (AvgIpc) is 1.99. The zero-order valence-electron chi connectivity index (χ0n) is 7.65. The lowest BCUT2D eigenvalue weighted by Crippen LogP contribution is -2.24. The van der Waals surface area contributed by atoms with Gasteiger partial charge in [-0.25, -0.2) is 12.8 Å². The van der Waals surface area contributed by atoms with Crippen LogP contribution in [0.4, 0.5) is 10.1 Å². The molecule has 0 aliphatic heterocycles. The van der Waals surface area contributed by atoms with Gasteiger partial charge in [-0.05, 0) is 18.2 Å². The zero-order valence-corrected chi connectivity index (χ0v) is 8.47. The Kier molecular flexibility index (Phi) is 2.94. The number of carbonyl (C=O) groups is 1. The minimum Gasteiger partial charge on any atom is -0.545 e. The van der Waals surface area contributed by atoms with E-state index in [1.54, 1.807) is 0 Å². The number of nitrogens with one attached hydrogen (secondary N) is 1. The smallest absolute Gasteiger partial charge is 0.229 e. The predicted octanol–water partition coefficient (Wildman–Crippen LogP) is -0.439. The summed E-state index contributed by atoms with van der Waals surface area (Å²) in [5.41, 5.74) is -0.765. The Hall–Kier alpha value is -1.63. The molecule has 0 fully saturated rings. The van der Waals surface area contributed by atoms with Crippen LogP contribution in [0.5, 0.6) is 0 Å². The summed E-state index contributed by atoms with van der Waals surface area (Å²) in [7, 11) is -3.66. The molecule has 1 aromatic carbocycles. The topological polar surface area (TPSA) is 86.3 Å². The fourth-order valence-electron chi connectivity index (χ4n) is 0.979. The van der Waals surface area contributed by atoms with Crippen molar-refractivity contribution in [2.75, 3.05) is 11.0 Å². The number of carbonyl (C=O) groups excluding carboxylic acids is 1. The summed E-state index contributed by atoms with van der Waals surface area (Å²) in [6.07, 6.45) is 0.830. The molecule has 5 nitrogen and oxygen atoms in total. The third-order valence-electron chi connectivity index (χ3n) is 1.50. The molecule has 0 heterocycles. The van der Waals surface area contributed by atoms with Crippen LogP contribution in [0, 0.1) is 5.82 Å². The summed E-state index contributed by atoms with van der Waals surface area (Å²) in [5.74, 6) is -2.33. The van der Waals surface area contributed by atoms with Gasteiger partial charge in [0.25, 0.3) is 0 Å². The van der Waals surface area contributed by atoms with Crippen molar-refractivity contribution in [2.45, 2.75) is 0 Å². The van der Waals surface area contributed by atoms with Crippen LogP contribution in [0.25, 0.3) is 0 Å². The van der Waals surface area contributed by atoms with Crippen LogP contribution < -0.4 is 9.83 Å². The maximum Gasteiger partial charge on any atom is 0.229 e. The van der Waals surface area contributed by atoms with E-state index in [-0.39, 0.29) is 5.69 Å². The van der Waals surface area contributed by atoms with Crippen LogP contribution in [0.15, 0.2) is 18.2 Å². The molecule has 1 rings (SSSR count). The van der Waals surface area contributed by atoms with Crippen LogP contribution in [0.1, 0.15) is 10.4 Å². The molecule has 0 atom stereocenters. The number of carboxylic acid groups (broad SMARTS) is 1. The number of carboxylic acids is 1. The van der Waals surface area contributed by atoms with Gasteiger partial charge in [-0.2, -0.15) is 0 Å². The second-order valence-corrected chi connectivity index (χ2v) is 4.60. The second-order valence-electron chi connectivity index (χ2n) is 2.85. The van der Waals surface area contributed by atoms with Crippen LogP contribution in [0.3, 0.4) is 0 Å². The number of sulfonamides is 1. The van der Waals surface area contributed by atoms with Crippen LogP contribution in [-0.4, -0.2) is 20.6 Å². The molecule has 7 heteroatoms. The van der Waals surface area contributed by atoms with E-state index in [4.69, 9.17) is 0 Å². The van der Waals surface area contributed by atoms with Crippen molar-refractivity contribution < 1.29 is 22.7 Å². The Morgan fingerprint density at radius 2 is 2.07 bits per heavy atom. The fourth-order valence-corrected chi connectivity index (χ4v) is 1.55. The van der Waals surface area contributed by atoms with E-state index in [0.29, 0.717) is 0 Å². The van der Waals surface area contributed by atoms with Crippen molar-refractivity contribution in [3.8, 4) is 0 Å². The number of halogens is 1. The molecule has 0 aromatic heterocycles. The van der Waals surface area contributed by atoms with E-state index in [2.05, 4.69) is 0 Å². The molecule has 0 saturated heterocycles. The Morgan fingerprint density at radius 1 is 1.47 bits per heavy atom. The van der Waals surface area contributed by atoms with E-state index < -0.39 is 27.4 Å². The number of aromatic carboxylic acids is 1. The Morgan fingerprint density at radius 3 is 2.53 bits per heavy atom. The molecule has 0 saturated carbocycles. The molecule has 0 unspecified atom stereocenters. The van der Waals surface area contributed by atoms with Gasteiger partial charge in [0, 0.05) is 5.56 Å². The number of anilines is 1. The van der Waals surface area contributed by atoms with Crippen molar-refractivity contribution in [1.82, 2.24) is 0 Å². The molecular weight excluding hydrogens is 225 g/mol. The van der Waals surface area contributed by atoms with Crippen molar-refractivity contribution in [1.29, 1.82) is 0 Å². The Balaban J connectivity index is 3.25. The van der Waals surface area contributed by atoms with Crippen LogP contribution >= 0.6 is 0 Å². The monoisotopic (exact) mass is 232 g/mol. The highest BCUT2D eigenvalue weighted by atomic mass is 32.2. The molecule has 0 aliphatic rings. The fraction of sp³-hybridized carbons (Fsp3) is 0.125. The van der Waals surface area contributed by atoms with Crippen LogP contribution in [-0.2, 0) is 10.0 Å². The number of rotatable bonds is 3. The summed E-state index contributed by atoms with van der Waals surface area (Å²) >= 11 is 0. The van der Waals surface area contributed by atoms with Crippen molar-refractivity contribution in [3.63, 3.8) is 0 Å². The van der Waals surface area contributed by atoms with Gasteiger partial charge in [0.05, 0.1) is 17.9 Å². The highest BCUT2D eigenvalue weighted by Crippen LogP contribution is 2.17. The van der Waals surface area contributed by atoms with Crippen molar-refractivity contribution >= 4 is 21.7 Å². The van der Waals surface area contributed by atoms with Gasteiger partial charge >= 0.3 is 0 Å². The molecule has 0 amide bonds. The third-order valence-corrected chi connectivity index (χ3v) is 2.09. The lowest BCUT2D eigenvalue weighted by atomic mass is 10.2. The van der Waals surface area contributed by atoms with Crippen molar-refractivity contribution in [2.24, 2.45) is 0 Å². The molecule has 1 N–H and O–H groups in total. The molecule has 0 aliphatic carbocycles. The Labute approximate surface area is 85.6 Å². The van der Waals surface area contributed by atoms with E-state index in [9.17, 15) is 22.7 Å². The van der Waals surface area contributed by atoms with Gasteiger partial charge in [-0.1, -0.05) is 0 Å². The van der Waals surface area contributed by atoms with E-state index in [1.165, 1.54) is 0 Å². The first-order valence-electron chi connectivity index (χ1n) is 3.78. The van der Waals surface area contributed by atoms with Gasteiger partial charge in [-0.3, -0.25) is 4.72 Å². The van der Waals surface area contributed by atoms with Gasteiger partial charge < -0.3 is 9.90 Å². The van der Waals surface area contributed by atoms with Gasteiger partial charge in [0.1, 0.15) is 5.82 Å². The standard InChI is InChI=1S/C8H8FNO4S/c1-15(13,14)10-7-4-5(9)2-3-6(7)8(11)12/h2-4,10H,1H3,(H,11,12)/p-1. The average molecular weight is 232 g/mol. The van der Waals surface area contributed by atoms with Gasteiger partial charge in [0.15, 0.2) is 0 Å². The van der Waals surface area contributed by atoms with Gasteiger partial charge in [-0.15, -0.1) is 0 Å². The number of hydrogen-bond donors (Lipinski definition) is 1. The molecular formula is C8H7FNO4S-. The first-order chi connectivity index (χ1) is 6.79. The number of benzene rings is 1. The maximum absolute atomic E-state index is 12.7. The highest BCUT2D eigenvalue weighted by Gasteiger charge is 2.09. The largest absolute Gasteiger partial charge is 0.545 e. The summed E-state index contributed by atoms with van der Waals surface area (Å²) < 4.78 is 36.3. The lowest BCUT2D eigenvalue weighted by molar-refractivity contribution is -0.254.